The van der Waals surface area contributed by atoms with Crippen molar-refractivity contribution < 1.29 is 4.79 Å². The average Bonchev–Trinajstić information content (AvgIpc) is 2.64. The summed E-state index contributed by atoms with van der Waals surface area (Å²) in [7, 11) is 0. The molecular formula is C11H11NOS. The van der Waals surface area contributed by atoms with E-state index in [-0.39, 0.29) is 5.91 Å². The Morgan fingerprint density at radius 3 is 3.07 bits per heavy atom. The summed E-state index contributed by atoms with van der Waals surface area (Å²) in [5.41, 5.74) is 0.878. The van der Waals surface area contributed by atoms with Gasteiger partial charge in [-0.25, -0.2) is 0 Å². The van der Waals surface area contributed by atoms with Crippen LogP contribution in [0.4, 0.5) is 5.69 Å². The first-order valence-corrected chi connectivity index (χ1v) is 5.44. The molecule has 0 unspecified atom stereocenters. The van der Waals surface area contributed by atoms with E-state index in [0.29, 0.717) is 6.42 Å². The second kappa shape index (κ2) is 3.80. The largest absolute Gasteiger partial charge is 0.326 e. The minimum atomic E-state index is 0.0552. The Bertz CT molecular complexity index is 461. The van der Waals surface area contributed by atoms with Crippen molar-refractivity contribution in [2.75, 3.05) is 5.32 Å². The monoisotopic (exact) mass is 205 g/mol. The molecule has 0 fully saturated rings. The molecule has 0 saturated carbocycles. The van der Waals surface area contributed by atoms with Crippen LogP contribution in [0, 0.1) is 0 Å². The molecule has 0 aliphatic heterocycles. The minimum Gasteiger partial charge on any atom is -0.326 e. The fourth-order valence-electron chi connectivity index (χ4n) is 1.29. The van der Waals surface area contributed by atoms with Crippen molar-refractivity contribution >= 4 is 33.0 Å². The Balaban J connectivity index is 2.30. The summed E-state index contributed by atoms with van der Waals surface area (Å²) in [6.07, 6.45) is 0.516. The lowest BCUT2D eigenvalue weighted by Crippen LogP contribution is -2.08. The summed E-state index contributed by atoms with van der Waals surface area (Å²) >= 11 is 1.71. The van der Waals surface area contributed by atoms with E-state index in [1.54, 1.807) is 11.3 Å². The highest BCUT2D eigenvalue weighted by Gasteiger charge is 2.00. The molecule has 1 amide bonds. The number of nitrogens with one attached hydrogen (secondary N) is 1. The molecule has 72 valence electrons. The minimum absolute atomic E-state index is 0.0552. The molecule has 2 nitrogen and oxygen atoms in total. The second-order valence-electron chi connectivity index (χ2n) is 3.07. The Kier molecular flexibility index (Phi) is 2.50. The zero-order valence-corrected chi connectivity index (χ0v) is 8.73. The van der Waals surface area contributed by atoms with Crippen molar-refractivity contribution in [1.82, 2.24) is 0 Å². The molecule has 2 rings (SSSR count). The van der Waals surface area contributed by atoms with Crippen LogP contribution >= 0.6 is 11.3 Å². The van der Waals surface area contributed by atoms with Crippen LogP contribution in [-0.4, -0.2) is 5.91 Å². The first kappa shape index (κ1) is 9.21. The van der Waals surface area contributed by atoms with E-state index in [2.05, 4.69) is 16.8 Å². The maximum Gasteiger partial charge on any atom is 0.224 e. The summed E-state index contributed by atoms with van der Waals surface area (Å²) < 4.78 is 1.25. The van der Waals surface area contributed by atoms with Gasteiger partial charge in [0, 0.05) is 16.8 Å². The molecule has 0 aliphatic rings. The van der Waals surface area contributed by atoms with Gasteiger partial charge in [-0.3, -0.25) is 4.79 Å². The van der Waals surface area contributed by atoms with Crippen LogP contribution in [0.2, 0.25) is 0 Å². The highest BCUT2D eigenvalue weighted by molar-refractivity contribution is 7.17. The molecule has 14 heavy (non-hydrogen) atoms. The van der Waals surface area contributed by atoms with Gasteiger partial charge in [-0.15, -0.1) is 11.3 Å². The fourth-order valence-corrected chi connectivity index (χ4v) is 2.06. The number of carbonyl (C=O) groups is 1. The van der Waals surface area contributed by atoms with E-state index in [1.807, 2.05) is 25.1 Å². The molecule has 1 heterocycles. The maximum absolute atomic E-state index is 11.1. The Labute approximate surface area is 86.6 Å². The van der Waals surface area contributed by atoms with Crippen LogP contribution in [-0.2, 0) is 4.79 Å². The lowest BCUT2D eigenvalue weighted by Gasteiger charge is -2.02. The van der Waals surface area contributed by atoms with E-state index >= 15 is 0 Å². The number of carbonyl (C=O) groups excluding carboxylic acids is 1. The number of fused-ring (bicyclic) bond motifs is 1. The van der Waals surface area contributed by atoms with Gasteiger partial charge < -0.3 is 5.32 Å². The van der Waals surface area contributed by atoms with E-state index in [0.717, 1.165) is 5.69 Å². The van der Waals surface area contributed by atoms with Gasteiger partial charge in [0.2, 0.25) is 5.91 Å². The predicted octanol–water partition coefficient (Wildman–Crippen LogP) is 3.25. The van der Waals surface area contributed by atoms with Gasteiger partial charge in [-0.2, -0.15) is 0 Å². The Morgan fingerprint density at radius 1 is 1.43 bits per heavy atom. The SMILES string of the molecule is CCC(=O)Nc1ccc2sccc2c1. The quantitative estimate of drug-likeness (QED) is 0.801. The summed E-state index contributed by atoms with van der Waals surface area (Å²) in [4.78, 5) is 11.1. The lowest BCUT2D eigenvalue weighted by atomic mass is 10.2. The van der Waals surface area contributed by atoms with Crippen LogP contribution in [0.3, 0.4) is 0 Å². The first-order valence-electron chi connectivity index (χ1n) is 4.56. The molecule has 0 saturated heterocycles. The third-order valence-electron chi connectivity index (χ3n) is 2.06. The van der Waals surface area contributed by atoms with Gasteiger partial charge >= 0.3 is 0 Å². The standard InChI is InChI=1S/C11H11NOS/c1-2-11(13)12-9-3-4-10-8(7-9)5-6-14-10/h3-7H,2H2,1H3,(H,12,13). The van der Waals surface area contributed by atoms with E-state index in [9.17, 15) is 4.79 Å². The number of hydrogen-bond donors (Lipinski definition) is 1. The number of benzene rings is 1. The average molecular weight is 205 g/mol. The first-order chi connectivity index (χ1) is 6.79. The molecular weight excluding hydrogens is 194 g/mol. The summed E-state index contributed by atoms with van der Waals surface area (Å²) in [5, 5.41) is 6.08. The number of anilines is 1. The molecule has 0 bridgehead atoms. The number of hydrogen-bond acceptors (Lipinski definition) is 2. The Morgan fingerprint density at radius 2 is 2.29 bits per heavy atom. The molecule has 1 aromatic heterocycles. The van der Waals surface area contributed by atoms with Gasteiger partial charge in [0.1, 0.15) is 0 Å². The van der Waals surface area contributed by atoms with E-state index in [4.69, 9.17) is 0 Å². The van der Waals surface area contributed by atoms with Crippen molar-refractivity contribution in [3.63, 3.8) is 0 Å². The maximum atomic E-state index is 11.1. The smallest absolute Gasteiger partial charge is 0.224 e. The van der Waals surface area contributed by atoms with E-state index < -0.39 is 0 Å². The highest BCUT2D eigenvalue weighted by Crippen LogP contribution is 2.23. The van der Waals surface area contributed by atoms with Crippen molar-refractivity contribution in [3.8, 4) is 0 Å². The summed E-state index contributed by atoms with van der Waals surface area (Å²) in [5.74, 6) is 0.0552. The molecule has 0 radical (unpaired) electrons. The van der Waals surface area contributed by atoms with Crippen LogP contribution in [0.1, 0.15) is 13.3 Å². The third-order valence-corrected chi connectivity index (χ3v) is 2.96. The summed E-state index contributed by atoms with van der Waals surface area (Å²) in [6, 6.07) is 8.03. The van der Waals surface area contributed by atoms with E-state index in [1.165, 1.54) is 10.1 Å². The van der Waals surface area contributed by atoms with Gasteiger partial charge in [0.15, 0.2) is 0 Å². The third kappa shape index (κ3) is 1.77. The molecule has 1 N–H and O–H groups in total. The normalized spacial score (nSPS) is 10.4. The van der Waals surface area contributed by atoms with Crippen molar-refractivity contribution in [3.05, 3.63) is 29.6 Å². The molecule has 1 aromatic carbocycles. The molecule has 0 spiro atoms. The lowest BCUT2D eigenvalue weighted by molar-refractivity contribution is -0.115. The predicted molar refractivity (Wildman–Crippen MR) is 60.7 cm³/mol. The number of amides is 1. The zero-order valence-electron chi connectivity index (χ0n) is 7.91. The molecule has 0 atom stereocenters. The fraction of sp³-hybridized carbons (Fsp3) is 0.182. The van der Waals surface area contributed by atoms with Crippen LogP contribution < -0.4 is 5.32 Å². The van der Waals surface area contributed by atoms with Crippen molar-refractivity contribution in [2.24, 2.45) is 0 Å². The Hall–Kier alpha value is -1.35. The molecule has 2 aromatic rings. The second-order valence-corrected chi connectivity index (χ2v) is 4.02. The molecule has 0 aliphatic carbocycles. The van der Waals surface area contributed by atoms with Crippen molar-refractivity contribution in [2.45, 2.75) is 13.3 Å². The van der Waals surface area contributed by atoms with Crippen molar-refractivity contribution in [1.29, 1.82) is 0 Å². The molecule has 3 heteroatoms. The van der Waals surface area contributed by atoms with Crippen LogP contribution in [0.5, 0.6) is 0 Å². The number of rotatable bonds is 2. The van der Waals surface area contributed by atoms with Gasteiger partial charge in [-0.05, 0) is 35.0 Å². The van der Waals surface area contributed by atoms with Crippen LogP contribution in [0.25, 0.3) is 10.1 Å². The van der Waals surface area contributed by atoms with Gasteiger partial charge in [-0.1, -0.05) is 6.92 Å². The topological polar surface area (TPSA) is 29.1 Å². The van der Waals surface area contributed by atoms with Gasteiger partial charge in [0.25, 0.3) is 0 Å². The number of thiophene rings is 1. The summed E-state index contributed by atoms with van der Waals surface area (Å²) in [6.45, 7) is 1.85. The zero-order chi connectivity index (χ0) is 9.97. The van der Waals surface area contributed by atoms with Crippen LogP contribution in [0.15, 0.2) is 29.6 Å². The van der Waals surface area contributed by atoms with Gasteiger partial charge in [0.05, 0.1) is 0 Å². The highest BCUT2D eigenvalue weighted by atomic mass is 32.1.